The van der Waals surface area contributed by atoms with Crippen LogP contribution in [0.5, 0.6) is 0 Å². The number of allylic oxidation sites excluding steroid dienone is 4. The SMILES string of the molecule is CC.Nc1ccc2c(c1)CCc1nc(NC(=O)CCCC3C=CC=CCC3)c(CC3CCCC3)nc1-2. The molecular formula is C31H42N4O. The lowest BCUT2D eigenvalue weighted by atomic mass is 9.91. The number of fused-ring (bicyclic) bond motifs is 3. The molecule has 3 N–H and O–H groups in total. The van der Waals surface area contributed by atoms with Crippen LogP contribution in [0, 0.1) is 11.8 Å². The Morgan fingerprint density at radius 3 is 2.75 bits per heavy atom. The van der Waals surface area contributed by atoms with Gasteiger partial charge in [0.05, 0.1) is 17.1 Å². The van der Waals surface area contributed by atoms with Crippen LogP contribution < -0.4 is 11.1 Å². The van der Waals surface area contributed by atoms with Gasteiger partial charge >= 0.3 is 0 Å². The van der Waals surface area contributed by atoms with Crippen molar-refractivity contribution in [1.82, 2.24) is 9.97 Å². The van der Waals surface area contributed by atoms with Crippen molar-refractivity contribution in [3.05, 3.63) is 59.5 Å². The van der Waals surface area contributed by atoms with Gasteiger partial charge in [0, 0.05) is 17.7 Å². The summed E-state index contributed by atoms with van der Waals surface area (Å²) >= 11 is 0. The Morgan fingerprint density at radius 2 is 1.92 bits per heavy atom. The van der Waals surface area contributed by atoms with Crippen molar-refractivity contribution >= 4 is 17.4 Å². The molecule has 5 heteroatoms. The zero-order valence-electron chi connectivity index (χ0n) is 22.1. The first kappa shape index (κ1) is 26.1. The van der Waals surface area contributed by atoms with Crippen molar-refractivity contribution in [3.63, 3.8) is 0 Å². The largest absolute Gasteiger partial charge is 0.399 e. The van der Waals surface area contributed by atoms with Crippen LogP contribution in [0.25, 0.3) is 11.3 Å². The number of carbonyl (C=O) groups excluding carboxylic acids is 1. The number of nitrogens with one attached hydrogen (secondary N) is 1. The van der Waals surface area contributed by atoms with Crippen LogP contribution in [-0.2, 0) is 24.1 Å². The van der Waals surface area contributed by atoms with Gasteiger partial charge in [-0.05, 0) is 74.5 Å². The van der Waals surface area contributed by atoms with E-state index in [1.807, 2.05) is 19.9 Å². The highest BCUT2D eigenvalue weighted by molar-refractivity contribution is 5.90. The molecule has 0 aliphatic heterocycles. The van der Waals surface area contributed by atoms with E-state index in [0.717, 1.165) is 66.9 Å². The zero-order chi connectivity index (χ0) is 25.3. The fraction of sp³-hybridized carbons (Fsp3) is 0.516. The number of nitrogen functional groups attached to an aromatic ring is 1. The summed E-state index contributed by atoms with van der Waals surface area (Å²) in [5, 5.41) is 3.15. The third-order valence-electron chi connectivity index (χ3n) is 7.58. The minimum absolute atomic E-state index is 0.0571. The number of carbonyl (C=O) groups is 1. The predicted molar refractivity (Wildman–Crippen MR) is 150 cm³/mol. The molecule has 5 rings (SSSR count). The van der Waals surface area contributed by atoms with E-state index < -0.39 is 0 Å². The standard InChI is InChI=1S/C29H36N4O.C2H6/c30-23-15-16-24-22(19-23)14-17-25-28(24)31-26(18-21-10-5-6-11-21)29(32-25)33-27(34)13-7-12-20-8-3-1-2-4-9-20;1-2/h1-3,8,15-16,19-21H,4-7,9-14,17-18,30H2,(H,32,33,34);1-2H3. The van der Waals surface area contributed by atoms with Gasteiger partial charge in [0.2, 0.25) is 5.91 Å². The first-order chi connectivity index (χ1) is 17.7. The van der Waals surface area contributed by atoms with Gasteiger partial charge in [-0.25, -0.2) is 9.97 Å². The molecule has 1 aromatic heterocycles. The van der Waals surface area contributed by atoms with Gasteiger partial charge in [0.1, 0.15) is 0 Å². The first-order valence-corrected chi connectivity index (χ1v) is 14.1. The fourth-order valence-corrected chi connectivity index (χ4v) is 5.69. The molecule has 1 fully saturated rings. The van der Waals surface area contributed by atoms with Gasteiger partial charge in [0.25, 0.3) is 0 Å². The van der Waals surface area contributed by atoms with Gasteiger partial charge in [-0.2, -0.15) is 0 Å². The third-order valence-corrected chi connectivity index (χ3v) is 7.58. The van der Waals surface area contributed by atoms with Crippen LogP contribution in [0.15, 0.2) is 42.5 Å². The minimum Gasteiger partial charge on any atom is -0.399 e. The van der Waals surface area contributed by atoms with Gasteiger partial charge < -0.3 is 11.1 Å². The fourth-order valence-electron chi connectivity index (χ4n) is 5.69. The molecule has 1 amide bonds. The summed E-state index contributed by atoms with van der Waals surface area (Å²) in [6, 6.07) is 6.08. The Hall–Kier alpha value is -2.95. The van der Waals surface area contributed by atoms with E-state index in [1.54, 1.807) is 0 Å². The lowest BCUT2D eigenvalue weighted by Crippen LogP contribution is -2.19. The first-order valence-electron chi connectivity index (χ1n) is 14.1. The molecule has 0 saturated heterocycles. The molecule has 1 aromatic carbocycles. The van der Waals surface area contributed by atoms with Crippen molar-refractivity contribution in [3.8, 4) is 11.3 Å². The normalized spacial score (nSPS) is 18.6. The summed E-state index contributed by atoms with van der Waals surface area (Å²) < 4.78 is 0. The number of hydrogen-bond acceptors (Lipinski definition) is 4. The summed E-state index contributed by atoms with van der Waals surface area (Å²) in [5.41, 5.74) is 12.1. The second-order valence-electron chi connectivity index (χ2n) is 10.2. The molecule has 36 heavy (non-hydrogen) atoms. The van der Waals surface area contributed by atoms with Crippen molar-refractivity contribution in [2.45, 2.75) is 90.9 Å². The van der Waals surface area contributed by atoms with E-state index in [2.05, 4.69) is 41.8 Å². The topological polar surface area (TPSA) is 80.9 Å². The maximum Gasteiger partial charge on any atom is 0.225 e. The predicted octanol–water partition coefficient (Wildman–Crippen LogP) is 7.21. The maximum atomic E-state index is 12.9. The number of aromatic nitrogens is 2. The number of aryl methyl sites for hydroxylation is 2. The highest BCUT2D eigenvalue weighted by Crippen LogP contribution is 2.36. The molecule has 192 valence electrons. The number of nitrogens with two attached hydrogens (primary N) is 1. The number of nitrogens with zero attached hydrogens (tertiary/aromatic N) is 2. The molecule has 2 aromatic rings. The maximum absolute atomic E-state index is 12.9. The van der Waals surface area contributed by atoms with E-state index in [-0.39, 0.29) is 5.91 Å². The molecule has 3 aliphatic carbocycles. The lowest BCUT2D eigenvalue weighted by Gasteiger charge is -2.22. The highest BCUT2D eigenvalue weighted by atomic mass is 16.1. The number of benzene rings is 1. The van der Waals surface area contributed by atoms with Crippen LogP contribution in [-0.4, -0.2) is 15.9 Å². The van der Waals surface area contributed by atoms with Crippen molar-refractivity contribution in [2.24, 2.45) is 11.8 Å². The second-order valence-corrected chi connectivity index (χ2v) is 10.2. The quantitative estimate of drug-likeness (QED) is 0.405. The number of amides is 1. The van der Waals surface area contributed by atoms with Gasteiger partial charge in [-0.1, -0.05) is 69.9 Å². The summed E-state index contributed by atoms with van der Waals surface area (Å²) in [6.07, 6.45) is 21.2. The van der Waals surface area contributed by atoms with Gasteiger partial charge in [0.15, 0.2) is 5.82 Å². The molecule has 0 radical (unpaired) electrons. The van der Waals surface area contributed by atoms with E-state index in [9.17, 15) is 4.79 Å². The third kappa shape index (κ3) is 6.63. The van der Waals surface area contributed by atoms with Crippen LogP contribution >= 0.6 is 0 Å². The molecule has 5 nitrogen and oxygen atoms in total. The van der Waals surface area contributed by atoms with Crippen molar-refractivity contribution in [1.29, 1.82) is 0 Å². The van der Waals surface area contributed by atoms with Gasteiger partial charge in [-0.3, -0.25) is 4.79 Å². The molecule has 1 saturated carbocycles. The Balaban J connectivity index is 0.00000148. The second kappa shape index (κ2) is 12.8. The van der Waals surface area contributed by atoms with E-state index in [1.165, 1.54) is 37.7 Å². The molecule has 1 unspecified atom stereocenters. The summed E-state index contributed by atoms with van der Waals surface area (Å²) in [7, 11) is 0. The summed E-state index contributed by atoms with van der Waals surface area (Å²) in [5.74, 6) is 1.95. The van der Waals surface area contributed by atoms with E-state index in [4.69, 9.17) is 15.7 Å². The molecule has 1 atom stereocenters. The lowest BCUT2D eigenvalue weighted by molar-refractivity contribution is -0.116. The Kier molecular flexibility index (Phi) is 9.32. The molecule has 1 heterocycles. The average molecular weight is 487 g/mol. The van der Waals surface area contributed by atoms with Crippen LogP contribution in [0.3, 0.4) is 0 Å². The minimum atomic E-state index is 0.0571. The Labute approximate surface area is 216 Å². The molecule has 0 spiro atoms. The van der Waals surface area contributed by atoms with E-state index in [0.29, 0.717) is 24.1 Å². The molecular weight excluding hydrogens is 444 g/mol. The Bertz CT molecular complexity index is 1100. The summed E-state index contributed by atoms with van der Waals surface area (Å²) in [6.45, 7) is 4.00. The molecule has 3 aliphatic rings. The van der Waals surface area contributed by atoms with E-state index >= 15 is 0 Å². The van der Waals surface area contributed by atoms with Crippen molar-refractivity contribution in [2.75, 3.05) is 11.1 Å². The van der Waals surface area contributed by atoms with Gasteiger partial charge in [-0.15, -0.1) is 0 Å². The number of hydrogen-bond donors (Lipinski definition) is 2. The smallest absolute Gasteiger partial charge is 0.225 e. The Morgan fingerprint density at radius 1 is 1.08 bits per heavy atom. The van der Waals surface area contributed by atoms with Crippen LogP contribution in [0.4, 0.5) is 11.5 Å². The zero-order valence-corrected chi connectivity index (χ0v) is 22.1. The number of rotatable bonds is 7. The van der Waals surface area contributed by atoms with Crippen LogP contribution in [0.1, 0.15) is 88.6 Å². The number of anilines is 2. The van der Waals surface area contributed by atoms with Crippen molar-refractivity contribution < 1.29 is 4.79 Å². The average Bonchev–Trinajstić information content (AvgIpc) is 3.26. The highest BCUT2D eigenvalue weighted by Gasteiger charge is 2.25. The monoisotopic (exact) mass is 486 g/mol. The van der Waals surface area contributed by atoms with Crippen LogP contribution in [0.2, 0.25) is 0 Å². The summed E-state index contributed by atoms with van der Waals surface area (Å²) in [4.78, 5) is 23.0. The molecule has 0 bridgehead atoms.